The molecule has 3 nitrogen and oxygen atoms in total. The molecule has 3 aliphatic rings. The highest BCUT2D eigenvalue weighted by Gasteiger charge is 2.41. The van der Waals surface area contributed by atoms with E-state index in [1.54, 1.807) is 0 Å². The van der Waals surface area contributed by atoms with E-state index in [4.69, 9.17) is 0 Å². The van der Waals surface area contributed by atoms with Gasteiger partial charge in [0.05, 0.1) is 0 Å². The van der Waals surface area contributed by atoms with E-state index in [2.05, 4.69) is 36.1 Å². The highest BCUT2D eigenvalue weighted by molar-refractivity contribution is 4.97. The third-order valence-corrected chi connectivity index (χ3v) is 6.29. The Hall–Kier alpha value is -0.120. The largest absolute Gasteiger partial charge is 0.317 e. The lowest BCUT2D eigenvalue weighted by Crippen LogP contribution is -2.58. The summed E-state index contributed by atoms with van der Waals surface area (Å²) in [5.41, 5.74) is 0.562. The van der Waals surface area contributed by atoms with Gasteiger partial charge in [-0.05, 0) is 71.1 Å². The lowest BCUT2D eigenvalue weighted by molar-refractivity contribution is -0.0198. The van der Waals surface area contributed by atoms with Crippen molar-refractivity contribution in [1.29, 1.82) is 0 Å². The molecule has 20 heavy (non-hydrogen) atoms. The van der Waals surface area contributed by atoms with E-state index in [1.165, 1.54) is 64.6 Å². The predicted molar refractivity (Wildman–Crippen MR) is 85.1 cm³/mol. The second kappa shape index (κ2) is 5.94. The van der Waals surface area contributed by atoms with E-state index in [0.717, 1.165) is 18.1 Å². The molecular formula is C17H33N3. The molecule has 0 radical (unpaired) electrons. The number of nitrogens with one attached hydrogen (secondary N) is 1. The summed E-state index contributed by atoms with van der Waals surface area (Å²) in [7, 11) is 4.42. The van der Waals surface area contributed by atoms with Crippen LogP contribution in [0.3, 0.4) is 0 Å². The van der Waals surface area contributed by atoms with E-state index < -0.39 is 0 Å². The fourth-order valence-corrected chi connectivity index (χ4v) is 4.73. The standard InChI is InChI=1S/C17H33N3/c1-17(7-9-19(3)10-8-17)13-20-15-5-4-6-16(20)12-14(11-15)18-2/h14-16,18H,4-13H2,1-3H3. The van der Waals surface area contributed by atoms with Crippen LogP contribution in [-0.4, -0.2) is 61.7 Å². The molecule has 3 rings (SSSR count). The molecule has 0 spiro atoms. The Kier molecular flexibility index (Phi) is 4.40. The molecule has 0 aromatic rings. The fraction of sp³-hybridized carbons (Fsp3) is 1.00. The van der Waals surface area contributed by atoms with Gasteiger partial charge in [0.25, 0.3) is 0 Å². The average molecular weight is 279 g/mol. The molecule has 0 amide bonds. The Morgan fingerprint density at radius 1 is 1.10 bits per heavy atom. The van der Waals surface area contributed by atoms with Crippen molar-refractivity contribution in [3.8, 4) is 0 Å². The fourth-order valence-electron chi connectivity index (χ4n) is 4.73. The van der Waals surface area contributed by atoms with Crippen LogP contribution in [-0.2, 0) is 0 Å². The van der Waals surface area contributed by atoms with Crippen LogP contribution in [0.2, 0.25) is 0 Å². The molecule has 0 saturated carbocycles. The summed E-state index contributed by atoms with van der Waals surface area (Å²) in [6.45, 7) is 6.48. The van der Waals surface area contributed by atoms with Crippen LogP contribution >= 0.6 is 0 Å². The van der Waals surface area contributed by atoms with E-state index in [1.807, 2.05) is 0 Å². The van der Waals surface area contributed by atoms with Crippen LogP contribution in [0, 0.1) is 5.41 Å². The summed E-state index contributed by atoms with van der Waals surface area (Å²) in [6, 6.07) is 2.49. The van der Waals surface area contributed by atoms with E-state index in [0.29, 0.717) is 5.41 Å². The van der Waals surface area contributed by atoms with Gasteiger partial charge in [-0.25, -0.2) is 0 Å². The Balaban J connectivity index is 1.64. The maximum absolute atomic E-state index is 3.54. The minimum absolute atomic E-state index is 0.562. The van der Waals surface area contributed by atoms with E-state index in [-0.39, 0.29) is 0 Å². The minimum atomic E-state index is 0.562. The molecule has 2 bridgehead atoms. The Morgan fingerprint density at radius 3 is 2.25 bits per heavy atom. The first-order chi connectivity index (χ1) is 9.59. The highest BCUT2D eigenvalue weighted by Crippen LogP contribution is 2.39. The van der Waals surface area contributed by atoms with Crippen molar-refractivity contribution < 1.29 is 0 Å². The molecule has 3 fully saturated rings. The van der Waals surface area contributed by atoms with Crippen LogP contribution in [0.1, 0.15) is 51.9 Å². The lowest BCUT2D eigenvalue weighted by Gasteiger charge is -2.52. The minimum Gasteiger partial charge on any atom is -0.317 e. The van der Waals surface area contributed by atoms with E-state index in [9.17, 15) is 0 Å². The SMILES string of the molecule is CNC1CC2CCCC(C1)N2CC1(C)CCN(C)CC1. The third kappa shape index (κ3) is 3.05. The number of rotatable bonds is 3. The zero-order valence-corrected chi connectivity index (χ0v) is 13.7. The number of likely N-dealkylation sites (tertiary alicyclic amines) is 1. The van der Waals surface area contributed by atoms with Crippen LogP contribution in [0.4, 0.5) is 0 Å². The molecule has 0 aromatic carbocycles. The van der Waals surface area contributed by atoms with Gasteiger partial charge in [0.15, 0.2) is 0 Å². The monoisotopic (exact) mass is 279 g/mol. The molecule has 1 N–H and O–H groups in total. The number of hydrogen-bond donors (Lipinski definition) is 1. The second-order valence-corrected chi connectivity index (χ2v) is 7.98. The quantitative estimate of drug-likeness (QED) is 0.855. The maximum Gasteiger partial charge on any atom is 0.0113 e. The van der Waals surface area contributed by atoms with Gasteiger partial charge in [0, 0.05) is 24.7 Å². The molecule has 3 heteroatoms. The normalized spacial score (nSPS) is 38.9. The molecule has 0 aliphatic carbocycles. The molecule has 0 aromatic heterocycles. The molecule has 3 saturated heterocycles. The van der Waals surface area contributed by atoms with Crippen LogP contribution in [0.5, 0.6) is 0 Å². The van der Waals surface area contributed by atoms with Gasteiger partial charge in [-0.15, -0.1) is 0 Å². The number of fused-ring (bicyclic) bond motifs is 2. The van der Waals surface area contributed by atoms with Crippen molar-refractivity contribution in [1.82, 2.24) is 15.1 Å². The molecule has 2 unspecified atom stereocenters. The molecule has 2 atom stereocenters. The zero-order valence-electron chi connectivity index (χ0n) is 13.7. The molecule has 116 valence electrons. The smallest absolute Gasteiger partial charge is 0.0113 e. The summed E-state index contributed by atoms with van der Waals surface area (Å²) in [5, 5.41) is 3.54. The van der Waals surface area contributed by atoms with Crippen LogP contribution < -0.4 is 5.32 Å². The number of piperidine rings is 3. The van der Waals surface area contributed by atoms with Gasteiger partial charge in [0.2, 0.25) is 0 Å². The third-order valence-electron chi connectivity index (χ3n) is 6.29. The molecule has 3 aliphatic heterocycles. The van der Waals surface area contributed by atoms with Crippen molar-refractivity contribution in [2.24, 2.45) is 5.41 Å². The molecular weight excluding hydrogens is 246 g/mol. The summed E-state index contributed by atoms with van der Waals surface area (Å²) < 4.78 is 0. The first kappa shape index (κ1) is 14.8. The average Bonchev–Trinajstić information content (AvgIpc) is 2.42. The van der Waals surface area contributed by atoms with Crippen LogP contribution in [0.15, 0.2) is 0 Å². The van der Waals surface area contributed by atoms with Crippen molar-refractivity contribution >= 4 is 0 Å². The summed E-state index contributed by atoms with van der Waals surface area (Å²) >= 11 is 0. The maximum atomic E-state index is 3.54. The van der Waals surface area contributed by atoms with Crippen molar-refractivity contribution in [3.05, 3.63) is 0 Å². The summed E-state index contributed by atoms with van der Waals surface area (Å²) in [6.07, 6.45) is 9.85. The van der Waals surface area contributed by atoms with Gasteiger partial charge in [-0.2, -0.15) is 0 Å². The summed E-state index contributed by atoms with van der Waals surface area (Å²) in [5.74, 6) is 0. The predicted octanol–water partition coefficient (Wildman–Crippen LogP) is 2.32. The summed E-state index contributed by atoms with van der Waals surface area (Å²) in [4.78, 5) is 5.42. The van der Waals surface area contributed by atoms with Crippen molar-refractivity contribution in [3.63, 3.8) is 0 Å². The van der Waals surface area contributed by atoms with Gasteiger partial charge in [0.1, 0.15) is 0 Å². The van der Waals surface area contributed by atoms with Gasteiger partial charge >= 0.3 is 0 Å². The topological polar surface area (TPSA) is 18.5 Å². The van der Waals surface area contributed by atoms with Crippen LogP contribution in [0.25, 0.3) is 0 Å². The Morgan fingerprint density at radius 2 is 1.70 bits per heavy atom. The zero-order chi connectivity index (χ0) is 14.2. The van der Waals surface area contributed by atoms with Crippen molar-refractivity contribution in [2.45, 2.75) is 70.0 Å². The Labute approximate surface area is 125 Å². The van der Waals surface area contributed by atoms with Gasteiger partial charge < -0.3 is 10.2 Å². The van der Waals surface area contributed by atoms with Gasteiger partial charge in [-0.3, -0.25) is 4.90 Å². The highest BCUT2D eigenvalue weighted by atomic mass is 15.2. The number of nitrogens with zero attached hydrogens (tertiary/aromatic N) is 2. The Bertz CT molecular complexity index is 308. The number of hydrogen-bond acceptors (Lipinski definition) is 3. The first-order valence-electron chi connectivity index (χ1n) is 8.71. The van der Waals surface area contributed by atoms with Gasteiger partial charge in [-0.1, -0.05) is 13.3 Å². The molecule has 3 heterocycles. The first-order valence-corrected chi connectivity index (χ1v) is 8.71. The van der Waals surface area contributed by atoms with Crippen molar-refractivity contribution in [2.75, 3.05) is 33.7 Å². The second-order valence-electron chi connectivity index (χ2n) is 7.98. The van der Waals surface area contributed by atoms with E-state index >= 15 is 0 Å². The lowest BCUT2D eigenvalue weighted by atomic mass is 9.75.